The van der Waals surface area contributed by atoms with Gasteiger partial charge in [0.2, 0.25) is 0 Å². The topological polar surface area (TPSA) is 33.5 Å². The molecular formula is C14H16FNO2. The van der Waals surface area contributed by atoms with E-state index >= 15 is 0 Å². The molecule has 4 heteroatoms. The van der Waals surface area contributed by atoms with Crippen molar-refractivity contribution < 1.29 is 8.81 Å². The first-order valence-electron chi connectivity index (χ1n) is 6.07. The summed E-state index contributed by atoms with van der Waals surface area (Å²) in [5, 5.41) is 0.796. The molecule has 0 radical (unpaired) electrons. The highest BCUT2D eigenvalue weighted by Crippen LogP contribution is 2.24. The average Bonchev–Trinajstić information content (AvgIpc) is 2.39. The number of nitrogens with zero attached hydrogens (tertiary/aromatic N) is 1. The van der Waals surface area contributed by atoms with E-state index in [0.29, 0.717) is 24.2 Å². The summed E-state index contributed by atoms with van der Waals surface area (Å²) < 4.78 is 19.3. The largest absolute Gasteiger partial charge is 0.423 e. The molecule has 0 spiro atoms. The van der Waals surface area contributed by atoms with Gasteiger partial charge >= 0.3 is 5.63 Å². The number of rotatable bonds is 4. The second-order valence-corrected chi connectivity index (χ2v) is 4.11. The zero-order valence-corrected chi connectivity index (χ0v) is 10.5. The Morgan fingerprint density at radius 3 is 2.56 bits per heavy atom. The monoisotopic (exact) mass is 249 g/mol. The van der Waals surface area contributed by atoms with Crippen LogP contribution in [0.3, 0.4) is 0 Å². The van der Waals surface area contributed by atoms with Crippen LogP contribution < -0.4 is 5.63 Å². The van der Waals surface area contributed by atoms with Crippen molar-refractivity contribution >= 4 is 11.0 Å². The summed E-state index contributed by atoms with van der Waals surface area (Å²) in [5.41, 5.74) is 0.522. The molecule has 0 bridgehead atoms. The summed E-state index contributed by atoms with van der Waals surface area (Å²) in [5.74, 6) is 0. The van der Waals surface area contributed by atoms with Crippen LogP contribution in [0.25, 0.3) is 11.0 Å². The van der Waals surface area contributed by atoms with Gasteiger partial charge in [-0.15, -0.1) is 0 Å². The maximum Gasteiger partial charge on any atom is 0.336 e. The summed E-state index contributed by atoms with van der Waals surface area (Å²) in [6.07, 6.45) is -1.17. The molecule has 0 aliphatic heterocycles. The molecule has 0 saturated carbocycles. The number of fused-ring (bicyclic) bond motifs is 1. The molecule has 0 saturated heterocycles. The van der Waals surface area contributed by atoms with E-state index < -0.39 is 11.9 Å². The lowest BCUT2D eigenvalue weighted by atomic mass is 10.1. The lowest BCUT2D eigenvalue weighted by Gasteiger charge is -2.23. The average molecular weight is 249 g/mol. The van der Waals surface area contributed by atoms with Crippen molar-refractivity contribution in [3.8, 4) is 0 Å². The van der Waals surface area contributed by atoms with Crippen LogP contribution in [0.15, 0.2) is 39.5 Å². The molecule has 0 N–H and O–H groups in total. The minimum atomic E-state index is -1.17. The molecule has 0 fully saturated rings. The van der Waals surface area contributed by atoms with Crippen LogP contribution in [0, 0.1) is 0 Å². The van der Waals surface area contributed by atoms with E-state index in [-0.39, 0.29) is 0 Å². The predicted molar refractivity (Wildman–Crippen MR) is 69.3 cm³/mol. The van der Waals surface area contributed by atoms with E-state index in [1.165, 1.54) is 6.07 Å². The van der Waals surface area contributed by atoms with Gasteiger partial charge in [0.1, 0.15) is 5.58 Å². The molecule has 96 valence electrons. The van der Waals surface area contributed by atoms with Crippen LogP contribution >= 0.6 is 0 Å². The smallest absolute Gasteiger partial charge is 0.336 e. The van der Waals surface area contributed by atoms with Gasteiger partial charge in [0.15, 0.2) is 6.30 Å². The van der Waals surface area contributed by atoms with Gasteiger partial charge in [0.05, 0.1) is 0 Å². The van der Waals surface area contributed by atoms with Crippen molar-refractivity contribution in [1.82, 2.24) is 4.90 Å². The minimum Gasteiger partial charge on any atom is -0.423 e. The molecule has 2 aromatic rings. The Morgan fingerprint density at radius 2 is 1.89 bits per heavy atom. The Morgan fingerprint density at radius 1 is 1.22 bits per heavy atom. The fourth-order valence-corrected chi connectivity index (χ4v) is 1.98. The molecule has 18 heavy (non-hydrogen) atoms. The maximum absolute atomic E-state index is 14.2. The standard InChI is InChI=1S/C14H16FNO2/c1-3-16(4-2)14(15)11-6-5-10-7-8-13(17)18-12(10)9-11/h5-9,14H,3-4H2,1-2H3. The lowest BCUT2D eigenvalue weighted by Crippen LogP contribution is -2.25. The molecule has 2 rings (SSSR count). The van der Waals surface area contributed by atoms with Gasteiger partial charge in [-0.1, -0.05) is 26.0 Å². The van der Waals surface area contributed by atoms with E-state index in [2.05, 4.69) is 0 Å². The molecule has 1 aromatic heterocycles. The van der Waals surface area contributed by atoms with Crippen LogP contribution in [-0.4, -0.2) is 18.0 Å². The van der Waals surface area contributed by atoms with E-state index in [1.807, 2.05) is 13.8 Å². The highest BCUT2D eigenvalue weighted by molar-refractivity contribution is 5.76. The zero-order valence-electron chi connectivity index (χ0n) is 10.5. The quantitative estimate of drug-likeness (QED) is 0.616. The van der Waals surface area contributed by atoms with Crippen molar-refractivity contribution in [3.63, 3.8) is 0 Å². The summed E-state index contributed by atoms with van der Waals surface area (Å²) >= 11 is 0. The summed E-state index contributed by atoms with van der Waals surface area (Å²) in [6.45, 7) is 5.09. The fraction of sp³-hybridized carbons (Fsp3) is 0.357. The molecule has 1 aromatic carbocycles. The van der Waals surface area contributed by atoms with Gasteiger partial charge in [-0.2, -0.15) is 0 Å². The second kappa shape index (κ2) is 5.31. The third-order valence-electron chi connectivity index (χ3n) is 3.06. The Bertz CT molecular complexity index is 590. The van der Waals surface area contributed by atoms with Gasteiger partial charge < -0.3 is 4.42 Å². The first kappa shape index (κ1) is 12.8. The summed E-state index contributed by atoms with van der Waals surface area (Å²) in [6, 6.07) is 8.13. The SMILES string of the molecule is CCN(CC)C(F)c1ccc2ccc(=O)oc2c1. The van der Waals surface area contributed by atoms with Gasteiger partial charge in [0, 0.05) is 17.0 Å². The van der Waals surface area contributed by atoms with Crippen LogP contribution in [0.4, 0.5) is 4.39 Å². The number of halogens is 1. The molecule has 0 aliphatic carbocycles. The third kappa shape index (κ3) is 2.43. The van der Waals surface area contributed by atoms with Crippen LogP contribution in [0.2, 0.25) is 0 Å². The fourth-order valence-electron chi connectivity index (χ4n) is 1.98. The van der Waals surface area contributed by atoms with Crippen LogP contribution in [-0.2, 0) is 0 Å². The number of benzene rings is 1. The van der Waals surface area contributed by atoms with Crippen LogP contribution in [0.1, 0.15) is 25.7 Å². The Kier molecular flexibility index (Phi) is 3.77. The lowest BCUT2D eigenvalue weighted by molar-refractivity contribution is 0.0937. The van der Waals surface area contributed by atoms with Crippen molar-refractivity contribution in [3.05, 3.63) is 46.3 Å². The van der Waals surface area contributed by atoms with Gasteiger partial charge in [0.25, 0.3) is 0 Å². The van der Waals surface area contributed by atoms with Crippen molar-refractivity contribution in [1.29, 1.82) is 0 Å². The first-order chi connectivity index (χ1) is 8.65. The van der Waals surface area contributed by atoms with E-state index in [1.54, 1.807) is 29.2 Å². The highest BCUT2D eigenvalue weighted by atomic mass is 19.1. The van der Waals surface area contributed by atoms with Crippen molar-refractivity contribution in [2.45, 2.75) is 20.1 Å². The second-order valence-electron chi connectivity index (χ2n) is 4.11. The molecule has 1 heterocycles. The van der Waals surface area contributed by atoms with Gasteiger partial charge in [-0.05, 0) is 25.2 Å². The minimum absolute atomic E-state index is 0.419. The van der Waals surface area contributed by atoms with Gasteiger partial charge in [-0.25, -0.2) is 9.18 Å². The zero-order chi connectivity index (χ0) is 13.1. The van der Waals surface area contributed by atoms with Gasteiger partial charge in [-0.3, -0.25) is 4.90 Å². The summed E-state index contributed by atoms with van der Waals surface area (Å²) in [7, 11) is 0. The van der Waals surface area contributed by atoms with Crippen LogP contribution in [0.5, 0.6) is 0 Å². The van der Waals surface area contributed by atoms with E-state index in [9.17, 15) is 9.18 Å². The molecule has 3 nitrogen and oxygen atoms in total. The Hall–Kier alpha value is -1.68. The van der Waals surface area contributed by atoms with Crippen molar-refractivity contribution in [2.75, 3.05) is 13.1 Å². The molecular weight excluding hydrogens is 233 g/mol. The van der Waals surface area contributed by atoms with Crippen molar-refractivity contribution in [2.24, 2.45) is 0 Å². The number of hydrogen-bond donors (Lipinski definition) is 0. The molecule has 1 atom stereocenters. The Labute approximate surface area is 105 Å². The molecule has 0 amide bonds. The number of alkyl halides is 1. The van der Waals surface area contributed by atoms with E-state index in [0.717, 1.165) is 5.39 Å². The predicted octanol–water partition coefficient (Wildman–Crippen LogP) is 3.10. The normalized spacial score (nSPS) is 13.1. The first-order valence-corrected chi connectivity index (χ1v) is 6.07. The molecule has 0 aliphatic rings. The third-order valence-corrected chi connectivity index (χ3v) is 3.06. The molecule has 1 unspecified atom stereocenters. The maximum atomic E-state index is 14.2. The van der Waals surface area contributed by atoms with E-state index in [4.69, 9.17) is 4.42 Å². The Balaban J connectivity index is 2.42. The highest BCUT2D eigenvalue weighted by Gasteiger charge is 2.17. The number of hydrogen-bond acceptors (Lipinski definition) is 3. The summed E-state index contributed by atoms with van der Waals surface area (Å²) in [4.78, 5) is 12.8.